The molecule has 72 heavy (non-hydrogen) atoms. The Labute approximate surface area is 422 Å². The molecule has 3 aliphatic heterocycles. The van der Waals surface area contributed by atoms with Crippen molar-refractivity contribution in [3.8, 4) is 11.8 Å². The number of ether oxygens (including phenoxy) is 1. The van der Waals surface area contributed by atoms with Crippen molar-refractivity contribution in [1.29, 1.82) is 5.26 Å². The van der Waals surface area contributed by atoms with E-state index >= 15 is 0 Å². The van der Waals surface area contributed by atoms with Crippen molar-refractivity contribution in [1.82, 2.24) is 45.2 Å². The fourth-order valence-electron chi connectivity index (χ4n) is 9.46. The van der Waals surface area contributed by atoms with Crippen molar-refractivity contribution in [2.45, 2.75) is 124 Å². The number of aromatic nitrogens is 8. The minimum Gasteiger partial charge on any atom is -0.492 e. The highest BCUT2D eigenvalue weighted by Crippen LogP contribution is 2.30. The Kier molecular flexibility index (Phi) is 19.1. The van der Waals surface area contributed by atoms with Crippen molar-refractivity contribution in [2.24, 2.45) is 5.92 Å². The Hall–Kier alpha value is -6.91. The number of nitrogens with zero attached hydrogens (tertiary/aromatic N) is 11. The van der Waals surface area contributed by atoms with Crippen molar-refractivity contribution in [2.75, 3.05) is 77.8 Å². The molecular weight excluding hydrogens is 911 g/mol. The number of aromatic amines is 2. The molecule has 2 aromatic carbocycles. The van der Waals surface area contributed by atoms with E-state index in [9.17, 15) is 14.7 Å². The maximum atomic E-state index is 12.6. The highest BCUT2D eigenvalue weighted by Gasteiger charge is 2.24. The van der Waals surface area contributed by atoms with Crippen LogP contribution < -0.4 is 41.2 Å². The third kappa shape index (κ3) is 13.7. The van der Waals surface area contributed by atoms with Gasteiger partial charge >= 0.3 is 0 Å². The van der Waals surface area contributed by atoms with E-state index in [1.54, 1.807) is 12.4 Å². The van der Waals surface area contributed by atoms with Crippen molar-refractivity contribution < 1.29 is 9.84 Å². The Morgan fingerprint density at radius 1 is 0.722 bits per heavy atom. The number of hydrogen-bond acceptors (Lipinski definition) is 17. The zero-order valence-electron chi connectivity index (χ0n) is 42.9. The monoisotopic (exact) mass is 984 g/mol. The number of nitrogens with one attached hydrogen (secondary N) is 4. The standard InChI is InChI=1S/C27H39N7O2.C24H28N8O2.C2H6/c1-5-20(4)34(19(2)3)16-17-36-22-12-10-21(11-13-22)29-25-24-23(18-28-32-26(24)35)30-27(31-25)33-14-8-6-7-9-15-33;25-10-5-16-6-11-32(12-7-16)24-28-20-15-26-30-23(34)21(20)22(29-24)27-17-1-3-18(4-2-17)31-13-8-19(33)9-14-31;1-2/h10-13,18-20H,5-9,14-17H2,1-4H3,(H,32,35)(H,29,30,31);1-4,15-16,19,33H,5-9,11-14H2,(H,30,34)(H,27,28,29);1-2H3. The third-order valence-electron chi connectivity index (χ3n) is 13.7. The first kappa shape index (κ1) is 52.9. The number of aliphatic hydroxyl groups is 1. The van der Waals surface area contributed by atoms with Crippen LogP contribution in [-0.4, -0.2) is 121 Å². The molecule has 1 atom stereocenters. The number of benzene rings is 2. The van der Waals surface area contributed by atoms with Crippen molar-refractivity contribution >= 4 is 62.4 Å². The molecule has 6 aromatic rings. The molecule has 19 heteroatoms. The quantitative estimate of drug-likeness (QED) is 0.0651. The summed E-state index contributed by atoms with van der Waals surface area (Å²) in [5, 5.41) is 39.0. The summed E-state index contributed by atoms with van der Waals surface area (Å²) < 4.78 is 6.02. The maximum Gasteiger partial charge on any atom is 0.277 e. The number of piperidine rings is 2. The van der Waals surface area contributed by atoms with Gasteiger partial charge in [0.2, 0.25) is 11.9 Å². The van der Waals surface area contributed by atoms with Crippen LogP contribution in [0.4, 0.5) is 40.6 Å². The van der Waals surface area contributed by atoms with Crippen LogP contribution >= 0.6 is 0 Å². The number of fused-ring (bicyclic) bond motifs is 2. The van der Waals surface area contributed by atoms with Crippen LogP contribution in [0.2, 0.25) is 0 Å². The fourth-order valence-corrected chi connectivity index (χ4v) is 9.46. The molecule has 19 nitrogen and oxygen atoms in total. The second kappa shape index (κ2) is 26.0. The van der Waals surface area contributed by atoms with Crippen molar-refractivity contribution in [3.05, 3.63) is 81.6 Å². The van der Waals surface area contributed by atoms with Crippen LogP contribution in [0.25, 0.3) is 21.8 Å². The molecule has 9 rings (SSSR count). The molecule has 0 aliphatic carbocycles. The van der Waals surface area contributed by atoms with Gasteiger partial charge in [0.1, 0.15) is 45.8 Å². The van der Waals surface area contributed by atoms with E-state index < -0.39 is 0 Å². The van der Waals surface area contributed by atoms with E-state index in [-0.39, 0.29) is 17.2 Å². The van der Waals surface area contributed by atoms with Gasteiger partial charge in [0.05, 0.1) is 24.6 Å². The molecular formula is C53H73N15O4. The van der Waals surface area contributed by atoms with Gasteiger partial charge < -0.3 is 35.2 Å². The minimum absolute atomic E-state index is 0.206. The topological polar surface area (TPSA) is 233 Å². The van der Waals surface area contributed by atoms with Crippen LogP contribution in [-0.2, 0) is 0 Å². The third-order valence-corrected chi connectivity index (χ3v) is 13.7. The lowest BCUT2D eigenvalue weighted by molar-refractivity contribution is 0.130. The van der Waals surface area contributed by atoms with E-state index in [0.29, 0.717) is 76.4 Å². The van der Waals surface area contributed by atoms with Crippen LogP contribution in [0.3, 0.4) is 0 Å². The summed E-state index contributed by atoms with van der Waals surface area (Å²) in [7, 11) is 0. The average Bonchev–Trinajstić information content (AvgIpc) is 3.69. The summed E-state index contributed by atoms with van der Waals surface area (Å²) in [6.45, 7) is 19.5. The van der Waals surface area contributed by atoms with Gasteiger partial charge in [-0.1, -0.05) is 33.6 Å². The maximum absolute atomic E-state index is 12.6. The average molecular weight is 984 g/mol. The number of rotatable bonds is 15. The summed E-state index contributed by atoms with van der Waals surface area (Å²) in [5.74, 6) is 3.34. The molecule has 5 N–H and O–H groups in total. The fraction of sp³-hybridized carbons (Fsp3) is 0.528. The van der Waals surface area contributed by atoms with Crippen LogP contribution in [0.1, 0.15) is 106 Å². The van der Waals surface area contributed by atoms with Gasteiger partial charge in [-0.2, -0.15) is 25.4 Å². The number of aliphatic hydroxyl groups excluding tert-OH is 1. The summed E-state index contributed by atoms with van der Waals surface area (Å²) in [6, 6.07) is 19.1. The zero-order chi connectivity index (χ0) is 51.0. The van der Waals surface area contributed by atoms with Gasteiger partial charge in [0, 0.05) is 81.4 Å². The lowest BCUT2D eigenvalue weighted by Crippen LogP contribution is -2.41. The molecule has 3 aliphatic rings. The smallest absolute Gasteiger partial charge is 0.277 e. The second-order valence-corrected chi connectivity index (χ2v) is 18.8. The summed E-state index contributed by atoms with van der Waals surface area (Å²) in [6.07, 6.45) is 12.7. The normalized spacial score (nSPS) is 16.1. The van der Waals surface area contributed by atoms with E-state index in [1.165, 1.54) is 12.8 Å². The van der Waals surface area contributed by atoms with E-state index in [1.807, 2.05) is 62.4 Å². The Balaban J connectivity index is 0.000000205. The van der Waals surface area contributed by atoms with Crippen LogP contribution in [0.15, 0.2) is 70.5 Å². The summed E-state index contributed by atoms with van der Waals surface area (Å²) in [4.78, 5) is 53.0. The molecule has 0 saturated carbocycles. The molecule has 0 radical (unpaired) electrons. The highest BCUT2D eigenvalue weighted by molar-refractivity contribution is 5.91. The molecule has 3 saturated heterocycles. The largest absolute Gasteiger partial charge is 0.492 e. The van der Waals surface area contributed by atoms with Gasteiger partial charge in [-0.05, 0) is 120 Å². The number of anilines is 7. The molecule has 1 unspecified atom stereocenters. The van der Waals surface area contributed by atoms with Gasteiger partial charge in [0.25, 0.3) is 11.1 Å². The molecule has 4 aromatic heterocycles. The van der Waals surface area contributed by atoms with Crippen molar-refractivity contribution in [3.63, 3.8) is 0 Å². The molecule has 0 spiro atoms. The first-order valence-electron chi connectivity index (χ1n) is 26.0. The van der Waals surface area contributed by atoms with Gasteiger partial charge in [-0.3, -0.25) is 14.5 Å². The first-order valence-corrected chi connectivity index (χ1v) is 26.0. The molecule has 0 bridgehead atoms. The van der Waals surface area contributed by atoms with Gasteiger partial charge in [-0.25, -0.2) is 20.2 Å². The van der Waals surface area contributed by atoms with E-state index in [0.717, 1.165) is 114 Å². The molecule has 3 fully saturated rings. The SMILES string of the molecule is CC.CCC(C)N(CCOc1ccc(Nc2nc(N3CCCCCC3)nc3cn[nH]c(=O)c23)cc1)C(C)C.N#CCC1CCN(c2nc(Nc3ccc(N4CCC(O)CC4)cc3)c3c(=O)[nH]ncc3n2)CC1. The Morgan fingerprint density at radius 2 is 1.22 bits per heavy atom. The van der Waals surface area contributed by atoms with E-state index in [4.69, 9.17) is 20.0 Å². The number of hydrogen-bond donors (Lipinski definition) is 5. The first-order chi connectivity index (χ1) is 35.1. The lowest BCUT2D eigenvalue weighted by Gasteiger charge is -2.32. The summed E-state index contributed by atoms with van der Waals surface area (Å²) in [5.41, 5.74) is 3.11. The van der Waals surface area contributed by atoms with Crippen LogP contribution in [0, 0.1) is 17.2 Å². The van der Waals surface area contributed by atoms with E-state index in [2.05, 4.69) is 94.4 Å². The minimum atomic E-state index is -0.345. The molecule has 384 valence electrons. The number of nitriles is 1. The predicted molar refractivity (Wildman–Crippen MR) is 287 cm³/mol. The van der Waals surface area contributed by atoms with Crippen LogP contribution in [0.5, 0.6) is 5.75 Å². The Bertz CT molecular complexity index is 2790. The lowest BCUT2D eigenvalue weighted by atomic mass is 9.94. The predicted octanol–water partition coefficient (Wildman–Crippen LogP) is 8.30. The zero-order valence-corrected chi connectivity index (χ0v) is 42.9. The Morgan fingerprint density at radius 3 is 1.72 bits per heavy atom. The van der Waals surface area contributed by atoms with Gasteiger partial charge in [0.15, 0.2) is 0 Å². The molecule has 7 heterocycles. The second-order valence-electron chi connectivity index (χ2n) is 18.8. The molecule has 0 amide bonds. The number of H-pyrrole nitrogens is 2. The summed E-state index contributed by atoms with van der Waals surface area (Å²) >= 11 is 0. The van der Waals surface area contributed by atoms with Gasteiger partial charge in [-0.15, -0.1) is 0 Å². The highest BCUT2D eigenvalue weighted by atomic mass is 16.5.